The minimum absolute atomic E-state index is 0.00563. The molecule has 2 N–H and O–H groups in total. The van der Waals surface area contributed by atoms with Gasteiger partial charge in [0.15, 0.2) is 0 Å². The van der Waals surface area contributed by atoms with Crippen molar-refractivity contribution < 1.29 is 13.2 Å². The van der Waals surface area contributed by atoms with Crippen molar-refractivity contribution in [1.82, 2.24) is 9.29 Å². The van der Waals surface area contributed by atoms with Gasteiger partial charge in [0.1, 0.15) is 10.7 Å². The van der Waals surface area contributed by atoms with Crippen LogP contribution < -0.4 is 5.73 Å². The first-order valence-corrected chi connectivity index (χ1v) is 7.97. The second kappa shape index (κ2) is 6.65. The Morgan fingerprint density at radius 3 is 2.74 bits per heavy atom. The second-order valence-corrected chi connectivity index (χ2v) is 7.21. The lowest BCUT2D eigenvalue weighted by Gasteiger charge is -2.18. The number of nitrogen functional groups attached to an aromatic ring is 1. The fraction of sp³-hybridized carbons (Fsp3) is 0.545. The number of hydrogen-bond donors (Lipinski definition) is 1. The summed E-state index contributed by atoms with van der Waals surface area (Å²) in [5.41, 5.74) is 5.62. The first kappa shape index (κ1) is 16.4. The quantitative estimate of drug-likeness (QED) is 0.838. The summed E-state index contributed by atoms with van der Waals surface area (Å²) in [5, 5.41) is 0. The molecule has 6 nitrogen and oxygen atoms in total. The number of nitrogens with zero attached hydrogens (tertiary/aromatic N) is 2. The van der Waals surface area contributed by atoms with Crippen LogP contribution in [0.3, 0.4) is 0 Å². The van der Waals surface area contributed by atoms with E-state index >= 15 is 0 Å². The van der Waals surface area contributed by atoms with E-state index in [1.54, 1.807) is 0 Å². The number of halogens is 1. The first-order chi connectivity index (χ1) is 8.75. The van der Waals surface area contributed by atoms with E-state index in [1.807, 2.05) is 13.8 Å². The van der Waals surface area contributed by atoms with E-state index in [4.69, 9.17) is 10.5 Å². The van der Waals surface area contributed by atoms with Crippen molar-refractivity contribution in [2.75, 3.05) is 25.9 Å². The van der Waals surface area contributed by atoms with Crippen molar-refractivity contribution >= 4 is 31.8 Å². The Hall–Kier alpha value is -0.700. The van der Waals surface area contributed by atoms with E-state index in [9.17, 15) is 8.42 Å². The Kier molecular flexibility index (Phi) is 5.72. The number of nitrogens with two attached hydrogens (primary N) is 1. The lowest BCUT2D eigenvalue weighted by atomic mass is 10.5. The molecular weight excluding hydrogens is 334 g/mol. The zero-order valence-electron chi connectivity index (χ0n) is 11.1. The number of likely N-dealkylation sites (N-methyl/N-ethyl adjacent to an activating group) is 1. The summed E-state index contributed by atoms with van der Waals surface area (Å²) in [5.74, 6) is -0.0140. The molecule has 0 amide bonds. The molecule has 0 spiro atoms. The van der Waals surface area contributed by atoms with E-state index in [0.717, 1.165) is 0 Å². The van der Waals surface area contributed by atoms with Gasteiger partial charge in [-0.15, -0.1) is 0 Å². The highest BCUT2D eigenvalue weighted by Crippen LogP contribution is 2.23. The van der Waals surface area contributed by atoms with Gasteiger partial charge in [-0.1, -0.05) is 0 Å². The SMILES string of the molecule is CC(C)OCCN(C)S(=O)(=O)c1cc(Br)cnc1N. The molecule has 108 valence electrons. The van der Waals surface area contributed by atoms with Crippen molar-refractivity contribution in [3.8, 4) is 0 Å². The van der Waals surface area contributed by atoms with E-state index in [0.29, 0.717) is 11.1 Å². The Balaban J connectivity index is 2.88. The topological polar surface area (TPSA) is 85.5 Å². The largest absolute Gasteiger partial charge is 0.383 e. The molecule has 0 radical (unpaired) electrons. The first-order valence-electron chi connectivity index (χ1n) is 5.74. The Bertz CT molecular complexity index is 534. The van der Waals surface area contributed by atoms with Gasteiger partial charge in [-0.25, -0.2) is 13.4 Å². The molecule has 1 heterocycles. The summed E-state index contributed by atoms with van der Waals surface area (Å²) in [7, 11) is -2.17. The van der Waals surface area contributed by atoms with Gasteiger partial charge in [0, 0.05) is 24.3 Å². The minimum atomic E-state index is -3.65. The van der Waals surface area contributed by atoms with Crippen LogP contribution in [0.15, 0.2) is 21.6 Å². The molecule has 0 atom stereocenters. The maximum Gasteiger partial charge on any atom is 0.246 e. The lowest BCUT2D eigenvalue weighted by Crippen LogP contribution is -2.31. The molecule has 0 aromatic carbocycles. The summed E-state index contributed by atoms with van der Waals surface area (Å²) < 4.78 is 31.7. The Morgan fingerprint density at radius 2 is 2.16 bits per heavy atom. The molecule has 0 aliphatic rings. The number of anilines is 1. The van der Waals surface area contributed by atoms with Crippen LogP contribution in [0.2, 0.25) is 0 Å². The van der Waals surface area contributed by atoms with Gasteiger partial charge >= 0.3 is 0 Å². The van der Waals surface area contributed by atoms with Gasteiger partial charge in [-0.05, 0) is 35.8 Å². The lowest BCUT2D eigenvalue weighted by molar-refractivity contribution is 0.0737. The minimum Gasteiger partial charge on any atom is -0.383 e. The van der Waals surface area contributed by atoms with E-state index < -0.39 is 10.0 Å². The van der Waals surface area contributed by atoms with Crippen LogP contribution in [0, 0.1) is 0 Å². The van der Waals surface area contributed by atoms with E-state index in [2.05, 4.69) is 20.9 Å². The van der Waals surface area contributed by atoms with Crippen molar-refractivity contribution in [3.05, 3.63) is 16.7 Å². The number of hydrogen-bond acceptors (Lipinski definition) is 5. The molecule has 19 heavy (non-hydrogen) atoms. The molecule has 0 saturated carbocycles. The van der Waals surface area contributed by atoms with Crippen molar-refractivity contribution in [2.24, 2.45) is 0 Å². The molecule has 8 heteroatoms. The maximum atomic E-state index is 12.3. The molecule has 0 bridgehead atoms. The average Bonchev–Trinajstić information content (AvgIpc) is 2.31. The van der Waals surface area contributed by atoms with Gasteiger partial charge in [0.05, 0.1) is 12.7 Å². The van der Waals surface area contributed by atoms with E-state index in [1.165, 1.54) is 23.6 Å². The fourth-order valence-corrected chi connectivity index (χ4v) is 3.07. The van der Waals surface area contributed by atoms with Gasteiger partial charge in [-0.3, -0.25) is 0 Å². The molecule has 1 aromatic heterocycles. The zero-order chi connectivity index (χ0) is 14.6. The number of sulfonamides is 1. The predicted molar refractivity (Wildman–Crippen MR) is 77.3 cm³/mol. The zero-order valence-corrected chi connectivity index (χ0v) is 13.5. The molecular formula is C11H18BrN3O3S. The van der Waals surface area contributed by atoms with Gasteiger partial charge in [0.2, 0.25) is 10.0 Å². The number of aromatic nitrogens is 1. The molecule has 0 unspecified atom stereocenters. The molecule has 0 saturated heterocycles. The Morgan fingerprint density at radius 1 is 1.53 bits per heavy atom. The third kappa shape index (κ3) is 4.41. The summed E-state index contributed by atoms with van der Waals surface area (Å²) in [4.78, 5) is 3.82. The monoisotopic (exact) mass is 351 g/mol. The van der Waals surface area contributed by atoms with Crippen LogP contribution in [0.4, 0.5) is 5.82 Å². The average molecular weight is 352 g/mol. The normalized spacial score (nSPS) is 12.3. The van der Waals surface area contributed by atoms with Gasteiger partial charge < -0.3 is 10.5 Å². The van der Waals surface area contributed by atoms with Crippen LogP contribution in [0.5, 0.6) is 0 Å². The van der Waals surface area contributed by atoms with Crippen molar-refractivity contribution in [2.45, 2.75) is 24.8 Å². The fourth-order valence-electron chi connectivity index (χ4n) is 1.34. The molecule has 1 aromatic rings. The predicted octanol–water partition coefficient (Wildman–Crippen LogP) is 1.47. The summed E-state index contributed by atoms with van der Waals surface area (Å²) in [6.07, 6.45) is 1.52. The highest BCUT2D eigenvalue weighted by molar-refractivity contribution is 9.10. The molecule has 0 aliphatic heterocycles. The summed E-state index contributed by atoms with van der Waals surface area (Å²) in [6.45, 7) is 4.37. The smallest absolute Gasteiger partial charge is 0.246 e. The number of rotatable bonds is 6. The van der Waals surface area contributed by atoms with Crippen LogP contribution in [-0.4, -0.2) is 44.0 Å². The van der Waals surface area contributed by atoms with E-state index in [-0.39, 0.29) is 23.4 Å². The van der Waals surface area contributed by atoms with Crippen molar-refractivity contribution in [1.29, 1.82) is 0 Å². The molecule has 1 rings (SSSR count). The summed E-state index contributed by atoms with van der Waals surface area (Å²) in [6, 6.07) is 1.44. The highest BCUT2D eigenvalue weighted by Gasteiger charge is 2.24. The molecule has 0 fully saturated rings. The molecule has 0 aliphatic carbocycles. The highest BCUT2D eigenvalue weighted by atomic mass is 79.9. The van der Waals surface area contributed by atoms with Crippen LogP contribution in [0.1, 0.15) is 13.8 Å². The maximum absolute atomic E-state index is 12.3. The standard InChI is InChI=1S/C11H18BrN3O3S/c1-8(2)18-5-4-15(3)19(16,17)10-6-9(12)7-14-11(10)13/h6-8H,4-5H2,1-3H3,(H2,13,14). The third-order valence-electron chi connectivity index (χ3n) is 2.39. The number of ether oxygens (including phenoxy) is 1. The van der Waals surface area contributed by atoms with Crippen LogP contribution >= 0.6 is 15.9 Å². The Labute approximate surface area is 122 Å². The van der Waals surface area contributed by atoms with Gasteiger partial charge in [-0.2, -0.15) is 4.31 Å². The van der Waals surface area contributed by atoms with Crippen molar-refractivity contribution in [3.63, 3.8) is 0 Å². The van der Waals surface area contributed by atoms with Crippen LogP contribution in [-0.2, 0) is 14.8 Å². The second-order valence-electron chi connectivity index (χ2n) is 4.28. The third-order valence-corrected chi connectivity index (χ3v) is 4.71. The van der Waals surface area contributed by atoms with Gasteiger partial charge in [0.25, 0.3) is 0 Å². The van der Waals surface area contributed by atoms with Crippen LogP contribution in [0.25, 0.3) is 0 Å². The number of pyridine rings is 1. The summed E-state index contributed by atoms with van der Waals surface area (Å²) >= 11 is 3.18.